The number of benzene rings is 3. The van der Waals surface area contributed by atoms with Gasteiger partial charge in [-0.25, -0.2) is 9.69 Å². The van der Waals surface area contributed by atoms with E-state index < -0.39 is 23.8 Å². The van der Waals surface area contributed by atoms with E-state index >= 15 is 0 Å². The lowest BCUT2D eigenvalue weighted by molar-refractivity contribution is -0.122. The molecule has 4 rings (SSSR count). The van der Waals surface area contributed by atoms with E-state index in [0.29, 0.717) is 35.8 Å². The number of amides is 5. The number of carbonyl (C=O) groups excluding carboxylic acids is 4. The van der Waals surface area contributed by atoms with Gasteiger partial charge in [0.05, 0.1) is 10.2 Å². The molecule has 3 aromatic carbocycles. The van der Waals surface area contributed by atoms with Gasteiger partial charge in [-0.3, -0.25) is 19.7 Å². The van der Waals surface area contributed by atoms with Crippen LogP contribution in [0.4, 0.5) is 16.2 Å². The molecule has 0 radical (unpaired) electrons. The van der Waals surface area contributed by atoms with E-state index in [1.807, 2.05) is 6.92 Å². The highest BCUT2D eigenvalue weighted by Gasteiger charge is 2.37. The van der Waals surface area contributed by atoms with Crippen molar-refractivity contribution < 1.29 is 23.9 Å². The summed E-state index contributed by atoms with van der Waals surface area (Å²) in [5.74, 6) is -1.98. The van der Waals surface area contributed by atoms with Crippen molar-refractivity contribution in [2.75, 3.05) is 16.8 Å². The Morgan fingerprint density at radius 3 is 2.46 bits per heavy atom. The maximum absolute atomic E-state index is 13.4. The molecule has 200 valence electrons. The number of ether oxygens (including phenoxy) is 1. The van der Waals surface area contributed by atoms with Crippen LogP contribution in [-0.2, 0) is 14.4 Å². The fraction of sp³-hybridized carbons (Fsp3) is 0.111. The first-order valence-corrected chi connectivity index (χ1v) is 13.6. The maximum Gasteiger partial charge on any atom is 0.335 e. The Balaban J connectivity index is 1.64. The molecule has 1 fully saturated rings. The molecule has 8 nitrogen and oxygen atoms in total. The predicted octanol–water partition coefficient (Wildman–Crippen LogP) is 6.82. The number of hydrogen-bond donors (Lipinski definition) is 2. The maximum atomic E-state index is 13.4. The molecule has 0 aromatic heterocycles. The summed E-state index contributed by atoms with van der Waals surface area (Å²) in [4.78, 5) is 52.2. The first kappa shape index (κ1) is 28.8. The Bertz CT molecular complexity index is 1580. The minimum Gasteiger partial charge on any atom is -0.482 e. The Morgan fingerprint density at radius 2 is 1.74 bits per heavy atom. The van der Waals surface area contributed by atoms with Gasteiger partial charge < -0.3 is 10.1 Å². The lowest BCUT2D eigenvalue weighted by atomic mass is 10.0. The number of halogens is 4. The second-order valence-electron chi connectivity index (χ2n) is 8.50. The molecular formula is C27H19Br2Cl2N3O5. The number of carbonyl (C=O) groups is 4. The van der Waals surface area contributed by atoms with Crippen LogP contribution in [0.3, 0.4) is 0 Å². The summed E-state index contributed by atoms with van der Waals surface area (Å²) >= 11 is 19.0. The number of hydrogen-bond acceptors (Lipinski definition) is 5. The number of nitrogens with zero attached hydrogens (tertiary/aromatic N) is 1. The van der Waals surface area contributed by atoms with Crippen LogP contribution >= 0.6 is 55.1 Å². The molecule has 1 saturated heterocycles. The Kier molecular flexibility index (Phi) is 8.80. The number of anilines is 2. The minimum absolute atomic E-state index is 0.200. The van der Waals surface area contributed by atoms with Gasteiger partial charge in [-0.2, -0.15) is 0 Å². The van der Waals surface area contributed by atoms with Crippen LogP contribution < -0.4 is 20.3 Å². The summed E-state index contributed by atoms with van der Waals surface area (Å²) in [7, 11) is 0. The van der Waals surface area contributed by atoms with Gasteiger partial charge in [0, 0.05) is 25.8 Å². The number of imide groups is 2. The zero-order chi connectivity index (χ0) is 28.4. The lowest BCUT2D eigenvalue weighted by Gasteiger charge is -2.27. The first-order valence-electron chi connectivity index (χ1n) is 11.3. The second kappa shape index (κ2) is 11.9. The molecule has 3 aromatic rings. The van der Waals surface area contributed by atoms with E-state index in [1.54, 1.807) is 49.4 Å². The molecule has 0 unspecified atom stereocenters. The smallest absolute Gasteiger partial charge is 0.335 e. The van der Waals surface area contributed by atoms with E-state index in [2.05, 4.69) is 42.5 Å². The molecule has 39 heavy (non-hydrogen) atoms. The van der Waals surface area contributed by atoms with Crippen molar-refractivity contribution in [3.05, 3.63) is 89.8 Å². The molecule has 12 heteroatoms. The fourth-order valence-electron chi connectivity index (χ4n) is 3.70. The largest absolute Gasteiger partial charge is 0.482 e. The van der Waals surface area contributed by atoms with Crippen molar-refractivity contribution >= 4 is 96.3 Å². The summed E-state index contributed by atoms with van der Waals surface area (Å²) in [5.41, 5.74) is 2.20. The van der Waals surface area contributed by atoms with Crippen LogP contribution in [0.2, 0.25) is 10.0 Å². The third-order valence-electron chi connectivity index (χ3n) is 5.65. The van der Waals surface area contributed by atoms with Crippen molar-refractivity contribution in [2.45, 2.75) is 13.8 Å². The predicted molar refractivity (Wildman–Crippen MR) is 157 cm³/mol. The Labute approximate surface area is 250 Å². The van der Waals surface area contributed by atoms with Crippen LogP contribution in [0.5, 0.6) is 5.75 Å². The number of nitrogens with one attached hydrogen (secondary N) is 2. The van der Waals surface area contributed by atoms with Crippen LogP contribution in [0, 0.1) is 13.8 Å². The Hall–Kier alpha value is -3.18. The van der Waals surface area contributed by atoms with E-state index in [4.69, 9.17) is 27.9 Å². The highest BCUT2D eigenvalue weighted by molar-refractivity contribution is 9.11. The molecule has 0 aliphatic carbocycles. The molecule has 0 atom stereocenters. The van der Waals surface area contributed by atoms with Crippen LogP contribution in [0.1, 0.15) is 16.7 Å². The summed E-state index contributed by atoms with van der Waals surface area (Å²) in [6.45, 7) is 3.17. The van der Waals surface area contributed by atoms with E-state index in [1.165, 1.54) is 12.1 Å². The normalized spacial score (nSPS) is 14.5. The van der Waals surface area contributed by atoms with Crippen molar-refractivity contribution in [3.63, 3.8) is 0 Å². The van der Waals surface area contributed by atoms with Gasteiger partial charge in [0.25, 0.3) is 17.7 Å². The van der Waals surface area contributed by atoms with Crippen molar-refractivity contribution in [3.8, 4) is 5.75 Å². The average Bonchev–Trinajstić information content (AvgIpc) is 2.85. The van der Waals surface area contributed by atoms with Gasteiger partial charge in [0.15, 0.2) is 6.61 Å². The quantitative estimate of drug-likeness (QED) is 0.218. The number of barbiturate groups is 1. The second-order valence-corrected chi connectivity index (χ2v) is 11.1. The molecule has 2 N–H and O–H groups in total. The topological polar surface area (TPSA) is 105 Å². The molecule has 0 spiro atoms. The molecule has 5 amide bonds. The van der Waals surface area contributed by atoms with E-state index in [0.717, 1.165) is 10.5 Å². The monoisotopic (exact) mass is 693 g/mol. The van der Waals surface area contributed by atoms with Crippen LogP contribution in [-0.4, -0.2) is 30.4 Å². The van der Waals surface area contributed by atoms with E-state index in [9.17, 15) is 19.2 Å². The first-order chi connectivity index (χ1) is 18.4. The van der Waals surface area contributed by atoms with Crippen LogP contribution in [0.25, 0.3) is 6.08 Å². The third kappa shape index (κ3) is 6.52. The van der Waals surface area contributed by atoms with Crippen molar-refractivity contribution in [1.29, 1.82) is 0 Å². The highest BCUT2D eigenvalue weighted by Crippen LogP contribution is 2.35. The number of urea groups is 1. The third-order valence-corrected chi connectivity index (χ3v) is 7.34. The summed E-state index contributed by atoms with van der Waals surface area (Å²) < 4.78 is 6.85. The van der Waals surface area contributed by atoms with E-state index in [-0.39, 0.29) is 23.6 Å². The highest BCUT2D eigenvalue weighted by atomic mass is 79.9. The molecule has 0 saturated carbocycles. The summed E-state index contributed by atoms with van der Waals surface area (Å²) in [6, 6.07) is 12.3. The standard InChI is InChI=1S/C27H19Br2Cl2N3O5/c1-13-4-6-18(11-21(13)31)32-23(35)12-39-24-15(7-16(28)9-20(24)29)8-19-25(36)33-27(38)34(26(19)37)22-10-17(30)5-3-14(22)2/h3-11H,12H2,1-2H3,(H,32,35)(H,33,36,38)/b19-8+. The zero-order valence-corrected chi connectivity index (χ0v) is 25.1. The van der Waals surface area contributed by atoms with Gasteiger partial charge in [-0.15, -0.1) is 0 Å². The molecule has 1 aliphatic rings. The van der Waals surface area contributed by atoms with Gasteiger partial charge in [0.2, 0.25) is 0 Å². The Morgan fingerprint density at radius 1 is 1.03 bits per heavy atom. The molecule has 1 heterocycles. The minimum atomic E-state index is -0.896. The molecule has 1 aliphatic heterocycles. The average molecular weight is 696 g/mol. The lowest BCUT2D eigenvalue weighted by Crippen LogP contribution is -2.54. The number of aryl methyl sites for hydroxylation is 2. The fourth-order valence-corrected chi connectivity index (χ4v) is 5.42. The van der Waals surface area contributed by atoms with Gasteiger partial charge in [-0.1, -0.05) is 51.3 Å². The van der Waals surface area contributed by atoms with Crippen molar-refractivity contribution in [1.82, 2.24) is 5.32 Å². The molecular weight excluding hydrogens is 677 g/mol. The van der Waals surface area contributed by atoms with Crippen molar-refractivity contribution in [2.24, 2.45) is 0 Å². The van der Waals surface area contributed by atoms with Gasteiger partial charge >= 0.3 is 6.03 Å². The molecule has 0 bridgehead atoms. The van der Waals surface area contributed by atoms with Gasteiger partial charge in [0.1, 0.15) is 11.3 Å². The van der Waals surface area contributed by atoms with Gasteiger partial charge in [-0.05, 0) is 83.4 Å². The SMILES string of the molecule is Cc1ccc(NC(=O)COc2c(Br)cc(Br)cc2/C=C2\C(=O)NC(=O)N(c3cc(Cl)ccc3C)C2=O)cc1Cl. The number of rotatable bonds is 6. The van der Waals surface area contributed by atoms with Crippen LogP contribution in [0.15, 0.2) is 63.0 Å². The summed E-state index contributed by atoms with van der Waals surface area (Å²) in [5, 5.41) is 5.71. The zero-order valence-electron chi connectivity index (χ0n) is 20.4. The summed E-state index contributed by atoms with van der Waals surface area (Å²) in [6.07, 6.45) is 1.29.